The largest absolute Gasteiger partial charge is 0.273 e. The highest BCUT2D eigenvalue weighted by atomic mass is 79.9. The fourth-order valence-corrected chi connectivity index (χ4v) is 4.75. The number of carbonyl (C=O) groups excluding carboxylic acids is 3. The molecular weight excluding hydrogens is 478 g/mol. The summed E-state index contributed by atoms with van der Waals surface area (Å²) in [5, 5.41) is 13.2. The number of hydrogen-bond acceptors (Lipinski definition) is 5. The Bertz CT molecular complexity index is 1070. The van der Waals surface area contributed by atoms with Crippen molar-refractivity contribution < 1.29 is 19.3 Å². The first kappa shape index (κ1) is 22.1. The van der Waals surface area contributed by atoms with Gasteiger partial charge in [-0.1, -0.05) is 35.0 Å². The Morgan fingerprint density at radius 3 is 2.31 bits per heavy atom. The lowest BCUT2D eigenvalue weighted by Crippen LogP contribution is -2.49. The zero-order chi connectivity index (χ0) is 23.0. The minimum Gasteiger partial charge on any atom is -0.272 e. The van der Waals surface area contributed by atoms with Crippen LogP contribution < -0.4 is 0 Å². The molecule has 2 aromatic rings. The van der Waals surface area contributed by atoms with Crippen molar-refractivity contribution in [2.24, 2.45) is 17.8 Å². The van der Waals surface area contributed by atoms with Gasteiger partial charge in [-0.2, -0.15) is 5.01 Å². The van der Waals surface area contributed by atoms with Gasteiger partial charge in [0, 0.05) is 22.2 Å². The lowest BCUT2D eigenvalue weighted by atomic mass is 9.76. The highest BCUT2D eigenvalue weighted by Gasteiger charge is 2.52. The number of hydrazine groups is 1. The molecule has 0 unspecified atom stereocenters. The Hall–Kier alpha value is -3.07. The number of rotatable bonds is 5. The van der Waals surface area contributed by atoms with Crippen LogP contribution in [0.5, 0.6) is 0 Å². The Balaban J connectivity index is 1.69. The third kappa shape index (κ3) is 4.17. The van der Waals surface area contributed by atoms with Crippen LogP contribution in [0.4, 0.5) is 5.69 Å². The smallest absolute Gasteiger partial charge is 0.272 e. The van der Waals surface area contributed by atoms with Crippen LogP contribution in [0, 0.1) is 27.9 Å². The summed E-state index contributed by atoms with van der Waals surface area (Å²) in [5.74, 6) is -1.73. The number of nitrogens with zero attached hydrogens (tertiary/aromatic N) is 3. The fourth-order valence-electron chi connectivity index (χ4n) is 4.48. The van der Waals surface area contributed by atoms with E-state index in [2.05, 4.69) is 22.9 Å². The molecule has 1 saturated heterocycles. The predicted octanol–water partition coefficient (Wildman–Crippen LogP) is 4.34. The molecule has 2 fully saturated rings. The van der Waals surface area contributed by atoms with Crippen LogP contribution >= 0.6 is 15.9 Å². The van der Waals surface area contributed by atoms with E-state index in [1.54, 1.807) is 12.1 Å². The van der Waals surface area contributed by atoms with E-state index < -0.39 is 22.7 Å². The number of nitro groups is 1. The van der Waals surface area contributed by atoms with E-state index >= 15 is 0 Å². The summed E-state index contributed by atoms with van der Waals surface area (Å²) in [4.78, 5) is 50.4. The van der Waals surface area contributed by atoms with Crippen molar-refractivity contribution in [1.29, 1.82) is 0 Å². The second kappa shape index (κ2) is 8.82. The average molecular weight is 500 g/mol. The van der Waals surface area contributed by atoms with Crippen molar-refractivity contribution in [2.75, 3.05) is 0 Å². The van der Waals surface area contributed by atoms with Gasteiger partial charge in [-0.15, -0.1) is 0 Å². The molecule has 1 aliphatic carbocycles. The van der Waals surface area contributed by atoms with Crippen LogP contribution in [0.2, 0.25) is 0 Å². The number of halogens is 1. The van der Waals surface area contributed by atoms with Crippen molar-refractivity contribution in [1.82, 2.24) is 10.0 Å². The molecule has 0 radical (unpaired) electrons. The number of non-ortho nitro benzene ring substituents is 1. The van der Waals surface area contributed by atoms with Crippen LogP contribution in [0.3, 0.4) is 0 Å². The molecule has 0 bridgehead atoms. The van der Waals surface area contributed by atoms with Crippen molar-refractivity contribution in [3.05, 3.63) is 74.2 Å². The van der Waals surface area contributed by atoms with Crippen LogP contribution in [0.1, 0.15) is 42.1 Å². The molecule has 1 saturated carbocycles. The molecule has 4 rings (SSSR count). The Morgan fingerprint density at radius 2 is 1.69 bits per heavy atom. The zero-order valence-electron chi connectivity index (χ0n) is 17.4. The molecule has 2 aliphatic rings. The van der Waals surface area contributed by atoms with E-state index in [1.165, 1.54) is 29.3 Å². The summed E-state index contributed by atoms with van der Waals surface area (Å²) >= 11 is 3.37. The lowest BCUT2D eigenvalue weighted by molar-refractivity contribution is -0.384. The number of amides is 3. The average Bonchev–Trinajstić information content (AvgIpc) is 3.02. The monoisotopic (exact) mass is 499 g/mol. The van der Waals surface area contributed by atoms with E-state index in [0.717, 1.165) is 21.5 Å². The normalized spacial score (nSPS) is 22.6. The van der Waals surface area contributed by atoms with Crippen LogP contribution in [-0.4, -0.2) is 32.7 Å². The molecule has 8 nitrogen and oxygen atoms in total. The molecule has 3 amide bonds. The zero-order valence-corrected chi connectivity index (χ0v) is 19.0. The summed E-state index contributed by atoms with van der Waals surface area (Å²) in [7, 11) is 0. The van der Waals surface area contributed by atoms with Gasteiger partial charge in [0.1, 0.15) is 0 Å². The number of imide groups is 1. The SMILES string of the molecule is C[C@@H]1CC[C@H]2C(=O)N(N(Cc3ccc(Br)cc3)C(=O)c3ccc([N+](=O)[O-])cc3)C(=O)[C@H]2C1. The molecule has 9 heteroatoms. The summed E-state index contributed by atoms with van der Waals surface area (Å²) in [6.45, 7) is 2.09. The van der Waals surface area contributed by atoms with Gasteiger partial charge in [-0.05, 0) is 55.0 Å². The van der Waals surface area contributed by atoms with Gasteiger partial charge in [0.05, 0.1) is 23.3 Å². The second-order valence-corrected chi connectivity index (χ2v) is 9.33. The van der Waals surface area contributed by atoms with Crippen molar-refractivity contribution >= 4 is 39.3 Å². The summed E-state index contributed by atoms with van der Waals surface area (Å²) in [5.41, 5.74) is 0.762. The molecule has 1 aliphatic heterocycles. The van der Waals surface area contributed by atoms with Gasteiger partial charge in [0.15, 0.2) is 0 Å². The third-order valence-corrected chi connectivity index (χ3v) is 6.74. The number of nitro benzene ring substituents is 1. The quantitative estimate of drug-likeness (QED) is 0.346. The highest BCUT2D eigenvalue weighted by Crippen LogP contribution is 2.41. The molecule has 0 spiro atoms. The van der Waals surface area contributed by atoms with Crippen molar-refractivity contribution in [2.45, 2.75) is 32.7 Å². The van der Waals surface area contributed by atoms with Crippen molar-refractivity contribution in [3.63, 3.8) is 0 Å². The summed E-state index contributed by atoms with van der Waals surface area (Å²) in [6, 6.07) is 12.4. The lowest BCUT2D eigenvalue weighted by Gasteiger charge is -2.30. The number of hydrogen-bond donors (Lipinski definition) is 0. The molecular formula is C23H22BrN3O5. The first-order valence-electron chi connectivity index (χ1n) is 10.4. The topological polar surface area (TPSA) is 101 Å². The number of benzene rings is 2. The molecule has 3 atom stereocenters. The fraction of sp³-hybridized carbons (Fsp3) is 0.348. The molecule has 32 heavy (non-hydrogen) atoms. The minimum absolute atomic E-state index is 0.0234. The highest BCUT2D eigenvalue weighted by molar-refractivity contribution is 9.10. The van der Waals surface area contributed by atoms with E-state index in [-0.39, 0.29) is 29.6 Å². The van der Waals surface area contributed by atoms with Gasteiger partial charge >= 0.3 is 0 Å². The minimum atomic E-state index is -0.559. The van der Waals surface area contributed by atoms with E-state index in [9.17, 15) is 24.5 Å². The van der Waals surface area contributed by atoms with E-state index in [1.807, 2.05) is 12.1 Å². The second-order valence-electron chi connectivity index (χ2n) is 8.41. The maximum atomic E-state index is 13.4. The van der Waals surface area contributed by atoms with Gasteiger partial charge in [-0.3, -0.25) is 24.5 Å². The standard InChI is InChI=1S/C23H22BrN3O5/c1-14-2-11-19-20(12-14)23(30)26(22(19)29)25(13-15-3-7-17(24)8-4-15)21(28)16-5-9-18(10-6-16)27(31)32/h3-10,14,19-20H,2,11-13H2,1H3/t14-,19-,20+/m1/s1. The molecule has 0 N–H and O–H groups in total. The number of carbonyl (C=O) groups is 3. The Labute approximate surface area is 193 Å². The summed E-state index contributed by atoms with van der Waals surface area (Å²) in [6.07, 6.45) is 2.13. The van der Waals surface area contributed by atoms with Gasteiger partial charge in [0.2, 0.25) is 0 Å². The number of fused-ring (bicyclic) bond motifs is 1. The first-order chi connectivity index (χ1) is 15.3. The molecule has 1 heterocycles. The Kier molecular flexibility index (Phi) is 6.10. The van der Waals surface area contributed by atoms with Gasteiger partial charge < -0.3 is 0 Å². The Morgan fingerprint density at radius 1 is 1.06 bits per heavy atom. The maximum Gasteiger partial charge on any atom is 0.273 e. The third-order valence-electron chi connectivity index (χ3n) is 6.21. The van der Waals surface area contributed by atoms with Gasteiger partial charge in [-0.25, -0.2) is 5.01 Å². The van der Waals surface area contributed by atoms with Crippen LogP contribution in [0.25, 0.3) is 0 Å². The van der Waals surface area contributed by atoms with E-state index in [4.69, 9.17) is 0 Å². The van der Waals surface area contributed by atoms with E-state index in [0.29, 0.717) is 18.8 Å². The first-order valence-corrected chi connectivity index (χ1v) is 11.2. The van der Waals surface area contributed by atoms with Crippen LogP contribution in [-0.2, 0) is 16.1 Å². The molecule has 166 valence electrons. The van der Waals surface area contributed by atoms with Crippen LogP contribution in [0.15, 0.2) is 53.0 Å². The van der Waals surface area contributed by atoms with Gasteiger partial charge in [0.25, 0.3) is 23.4 Å². The van der Waals surface area contributed by atoms with Crippen molar-refractivity contribution in [3.8, 4) is 0 Å². The maximum absolute atomic E-state index is 13.4. The summed E-state index contributed by atoms with van der Waals surface area (Å²) < 4.78 is 0.864. The molecule has 2 aromatic carbocycles. The molecule has 0 aromatic heterocycles. The predicted molar refractivity (Wildman–Crippen MR) is 119 cm³/mol.